The molecular weight excluding hydrogens is 853 g/mol. The summed E-state index contributed by atoms with van der Waals surface area (Å²) in [7, 11) is 0. The Morgan fingerprint density at radius 3 is 0.812 bits per heavy atom. The van der Waals surface area contributed by atoms with Gasteiger partial charge in [-0.2, -0.15) is 0 Å². The molecule has 0 aliphatic heterocycles. The highest BCUT2D eigenvalue weighted by atomic mass is 16.6. The summed E-state index contributed by atoms with van der Waals surface area (Å²) in [6, 6.07) is 0. The van der Waals surface area contributed by atoms with Gasteiger partial charge in [0.15, 0.2) is 6.10 Å². The summed E-state index contributed by atoms with van der Waals surface area (Å²) in [6.45, 7) is 6.64. The van der Waals surface area contributed by atoms with E-state index in [1.54, 1.807) is 0 Å². The molecule has 0 fully saturated rings. The van der Waals surface area contributed by atoms with E-state index in [1.165, 1.54) is 212 Å². The topological polar surface area (TPSA) is 78.9 Å². The minimum Gasteiger partial charge on any atom is -0.462 e. The molecule has 0 spiro atoms. The highest BCUT2D eigenvalue weighted by molar-refractivity contribution is 5.71. The molecule has 0 aromatic rings. The van der Waals surface area contributed by atoms with Gasteiger partial charge in [-0.25, -0.2) is 0 Å². The van der Waals surface area contributed by atoms with Crippen LogP contribution in [0.5, 0.6) is 0 Å². The first-order valence-corrected chi connectivity index (χ1v) is 30.5. The number of hydrogen-bond donors (Lipinski definition) is 0. The van der Waals surface area contributed by atoms with Crippen LogP contribution >= 0.6 is 0 Å². The van der Waals surface area contributed by atoms with Crippen LogP contribution in [0.2, 0.25) is 0 Å². The van der Waals surface area contributed by atoms with Crippen molar-refractivity contribution >= 4 is 17.9 Å². The van der Waals surface area contributed by atoms with Gasteiger partial charge in [-0.3, -0.25) is 14.4 Å². The van der Waals surface area contributed by atoms with Crippen molar-refractivity contribution in [1.29, 1.82) is 0 Å². The number of esters is 3. The zero-order valence-electron chi connectivity index (χ0n) is 46.3. The van der Waals surface area contributed by atoms with Gasteiger partial charge in [0.05, 0.1) is 0 Å². The van der Waals surface area contributed by atoms with Gasteiger partial charge < -0.3 is 14.2 Å². The van der Waals surface area contributed by atoms with E-state index in [0.29, 0.717) is 19.3 Å². The Labute approximate surface area is 429 Å². The molecule has 0 bridgehead atoms. The predicted molar refractivity (Wildman–Crippen MR) is 298 cm³/mol. The van der Waals surface area contributed by atoms with Crippen molar-refractivity contribution in [3.05, 3.63) is 36.5 Å². The largest absolute Gasteiger partial charge is 0.462 e. The van der Waals surface area contributed by atoms with Crippen LogP contribution in [0, 0.1) is 0 Å². The SMILES string of the molecule is CCCCCCC/C=C\C/C=C\C/C=C\CCCCCCCCC(=O)OC(COC(=O)CCCCCCCCCC)COC(=O)CCCCCCCCCCCCCCCCCCCCCCCC. The molecule has 0 rings (SSSR count). The second-order valence-electron chi connectivity index (χ2n) is 20.6. The normalized spacial score (nSPS) is 12.2. The summed E-state index contributed by atoms with van der Waals surface area (Å²) >= 11 is 0. The van der Waals surface area contributed by atoms with Crippen molar-refractivity contribution in [2.75, 3.05) is 13.2 Å². The summed E-state index contributed by atoms with van der Waals surface area (Å²) in [4.78, 5) is 38.1. The zero-order valence-corrected chi connectivity index (χ0v) is 46.3. The van der Waals surface area contributed by atoms with E-state index in [4.69, 9.17) is 14.2 Å². The highest BCUT2D eigenvalue weighted by Crippen LogP contribution is 2.17. The van der Waals surface area contributed by atoms with Crippen molar-refractivity contribution in [3.8, 4) is 0 Å². The quantitative estimate of drug-likeness (QED) is 0.0261. The lowest BCUT2D eigenvalue weighted by Crippen LogP contribution is -2.30. The van der Waals surface area contributed by atoms with Crippen molar-refractivity contribution in [1.82, 2.24) is 0 Å². The van der Waals surface area contributed by atoms with Gasteiger partial charge in [0.25, 0.3) is 0 Å². The summed E-state index contributed by atoms with van der Waals surface area (Å²) in [6.07, 6.45) is 70.2. The monoisotopic (exact) mass is 969 g/mol. The fourth-order valence-corrected chi connectivity index (χ4v) is 9.04. The fourth-order valence-electron chi connectivity index (χ4n) is 9.04. The first-order chi connectivity index (χ1) is 34.0. The Balaban J connectivity index is 4.19. The third-order valence-electron chi connectivity index (χ3n) is 13.6. The smallest absolute Gasteiger partial charge is 0.306 e. The van der Waals surface area contributed by atoms with Gasteiger partial charge >= 0.3 is 17.9 Å². The summed E-state index contributed by atoms with van der Waals surface area (Å²) in [5, 5.41) is 0. The number of rotatable bonds is 56. The number of unbranched alkanes of at least 4 members (excludes halogenated alkanes) is 39. The van der Waals surface area contributed by atoms with Crippen molar-refractivity contribution in [3.63, 3.8) is 0 Å². The number of ether oxygens (including phenoxy) is 3. The van der Waals surface area contributed by atoms with Crippen LogP contribution in [0.4, 0.5) is 0 Å². The molecular formula is C63H116O6. The lowest BCUT2D eigenvalue weighted by atomic mass is 10.0. The van der Waals surface area contributed by atoms with E-state index in [-0.39, 0.29) is 31.1 Å². The summed E-state index contributed by atoms with van der Waals surface area (Å²) < 4.78 is 16.8. The van der Waals surface area contributed by atoms with Crippen molar-refractivity contribution < 1.29 is 28.6 Å². The zero-order chi connectivity index (χ0) is 50.0. The average molecular weight is 970 g/mol. The number of carbonyl (C=O) groups is 3. The molecule has 404 valence electrons. The molecule has 0 N–H and O–H groups in total. The second-order valence-corrected chi connectivity index (χ2v) is 20.6. The molecule has 0 saturated heterocycles. The summed E-state index contributed by atoms with van der Waals surface area (Å²) in [5.74, 6) is -0.871. The number of hydrogen-bond acceptors (Lipinski definition) is 6. The van der Waals surface area contributed by atoms with Gasteiger partial charge in [-0.15, -0.1) is 0 Å². The minimum absolute atomic E-state index is 0.0731. The van der Waals surface area contributed by atoms with E-state index in [9.17, 15) is 14.4 Å². The minimum atomic E-state index is -0.774. The number of carbonyl (C=O) groups excluding carboxylic acids is 3. The maximum Gasteiger partial charge on any atom is 0.306 e. The average Bonchev–Trinajstić information content (AvgIpc) is 3.35. The third kappa shape index (κ3) is 56.4. The van der Waals surface area contributed by atoms with Crippen LogP contribution in [-0.2, 0) is 28.6 Å². The van der Waals surface area contributed by atoms with Gasteiger partial charge in [0, 0.05) is 19.3 Å². The van der Waals surface area contributed by atoms with Gasteiger partial charge in [0.1, 0.15) is 13.2 Å². The van der Waals surface area contributed by atoms with Crippen LogP contribution < -0.4 is 0 Å². The molecule has 1 atom stereocenters. The van der Waals surface area contributed by atoms with Gasteiger partial charge in [-0.05, 0) is 57.8 Å². The van der Waals surface area contributed by atoms with Gasteiger partial charge in [0.2, 0.25) is 0 Å². The lowest BCUT2D eigenvalue weighted by Gasteiger charge is -2.18. The standard InChI is InChI=1S/C63H116O6/c1-4-7-10-13-16-19-21-23-25-27-29-31-33-34-36-38-40-42-44-47-50-53-56-62(65)68-59-60(58-67-61(64)55-52-49-46-18-15-12-9-6-3)69-63(66)57-54-51-48-45-43-41-39-37-35-32-30-28-26-24-22-20-17-14-11-8-5-2/h22,24,28,30,35,37,60H,4-21,23,25-27,29,31-34,36,38-59H2,1-3H3/b24-22-,30-28-,37-35-. The first kappa shape index (κ1) is 66.6. The summed E-state index contributed by atoms with van der Waals surface area (Å²) in [5.41, 5.74) is 0. The second kappa shape index (κ2) is 58.2. The third-order valence-corrected chi connectivity index (χ3v) is 13.6. The molecule has 6 nitrogen and oxygen atoms in total. The molecule has 0 saturated carbocycles. The van der Waals surface area contributed by atoms with Crippen LogP contribution in [0.1, 0.15) is 329 Å². The first-order valence-electron chi connectivity index (χ1n) is 30.5. The molecule has 0 radical (unpaired) electrons. The fraction of sp³-hybridized carbons (Fsp3) is 0.857. The predicted octanol–water partition coefficient (Wildman–Crippen LogP) is 20.4. The Morgan fingerprint density at radius 1 is 0.290 bits per heavy atom. The van der Waals surface area contributed by atoms with Crippen molar-refractivity contribution in [2.24, 2.45) is 0 Å². The Hall–Kier alpha value is -2.37. The van der Waals surface area contributed by atoms with Crippen molar-refractivity contribution in [2.45, 2.75) is 335 Å². The van der Waals surface area contributed by atoms with Crippen LogP contribution in [0.25, 0.3) is 0 Å². The van der Waals surface area contributed by atoms with E-state index in [0.717, 1.165) is 77.0 Å². The Kier molecular flexibility index (Phi) is 56.2. The number of allylic oxidation sites excluding steroid dienone is 6. The van der Waals surface area contributed by atoms with Crippen LogP contribution in [-0.4, -0.2) is 37.2 Å². The molecule has 6 heteroatoms. The van der Waals surface area contributed by atoms with E-state index >= 15 is 0 Å². The lowest BCUT2D eigenvalue weighted by molar-refractivity contribution is -0.167. The molecule has 1 unspecified atom stereocenters. The Bertz CT molecular complexity index is 1160. The molecule has 0 amide bonds. The van der Waals surface area contributed by atoms with E-state index < -0.39 is 6.10 Å². The molecule has 0 aliphatic carbocycles. The molecule has 0 aliphatic rings. The Morgan fingerprint density at radius 2 is 0.522 bits per heavy atom. The van der Waals surface area contributed by atoms with Gasteiger partial charge in [-0.1, -0.05) is 288 Å². The highest BCUT2D eigenvalue weighted by Gasteiger charge is 2.19. The molecule has 69 heavy (non-hydrogen) atoms. The van der Waals surface area contributed by atoms with E-state index in [1.807, 2.05) is 0 Å². The maximum absolute atomic E-state index is 12.8. The van der Waals surface area contributed by atoms with Crippen LogP contribution in [0.3, 0.4) is 0 Å². The molecule has 0 aromatic carbocycles. The molecule has 0 aromatic heterocycles. The molecule has 0 heterocycles. The van der Waals surface area contributed by atoms with Crippen LogP contribution in [0.15, 0.2) is 36.5 Å². The maximum atomic E-state index is 12.8. The van der Waals surface area contributed by atoms with E-state index in [2.05, 4.69) is 57.2 Å².